The lowest BCUT2D eigenvalue weighted by Crippen LogP contribution is -2.37. The summed E-state index contributed by atoms with van der Waals surface area (Å²) >= 11 is 0. The number of hydrogen-bond acceptors (Lipinski definition) is 2. The summed E-state index contributed by atoms with van der Waals surface area (Å²) in [5.74, 6) is 0. The molecule has 0 unspecified atom stereocenters. The topological polar surface area (TPSA) is 49.8 Å². The van der Waals surface area contributed by atoms with Crippen LogP contribution in [-0.2, 0) is 10.8 Å². The van der Waals surface area contributed by atoms with Gasteiger partial charge in [0, 0.05) is 12.0 Å². The highest BCUT2D eigenvalue weighted by atomic mass is 14.6. The highest BCUT2D eigenvalue weighted by molar-refractivity contribution is 5.32. The van der Waals surface area contributed by atoms with Crippen molar-refractivity contribution < 1.29 is 0 Å². The molecule has 0 atom stereocenters. The van der Waals surface area contributed by atoms with Gasteiger partial charge >= 0.3 is 0 Å². The average Bonchev–Trinajstić information content (AvgIpc) is 2.81. The number of benzene rings is 2. The quantitative estimate of drug-likeness (QED) is 0.689. The number of rotatable bonds is 3. The van der Waals surface area contributed by atoms with Gasteiger partial charge in [-0.3, -0.25) is 0 Å². The van der Waals surface area contributed by atoms with Crippen molar-refractivity contribution in [1.82, 2.24) is 0 Å². The maximum atomic E-state index is 9.34. The smallest absolute Gasteiger partial charge is 0.0822 e. The summed E-state index contributed by atoms with van der Waals surface area (Å²) in [5.41, 5.74) is 8.74. The second-order valence-corrected chi connectivity index (χ2v) is 8.53. The van der Waals surface area contributed by atoms with Crippen LogP contribution in [0.4, 0.5) is 0 Å². The van der Waals surface area contributed by atoms with Gasteiger partial charge in [-0.05, 0) is 36.8 Å². The molecular formula is C26H34N2. The normalized spacial score (nSPS) is 20.3. The predicted octanol–water partition coefficient (Wildman–Crippen LogP) is 6.26. The average molecular weight is 375 g/mol. The van der Waals surface area contributed by atoms with Crippen molar-refractivity contribution in [1.29, 1.82) is 5.26 Å². The Morgan fingerprint density at radius 3 is 1.61 bits per heavy atom. The van der Waals surface area contributed by atoms with Crippen LogP contribution in [0.15, 0.2) is 60.7 Å². The van der Waals surface area contributed by atoms with Crippen LogP contribution in [-0.4, -0.2) is 6.54 Å². The Morgan fingerprint density at radius 2 is 1.14 bits per heavy atom. The van der Waals surface area contributed by atoms with E-state index in [1.165, 1.54) is 62.5 Å². The van der Waals surface area contributed by atoms with Crippen LogP contribution in [0.5, 0.6) is 0 Å². The molecule has 0 bridgehead atoms. The molecule has 28 heavy (non-hydrogen) atoms. The number of nitriles is 1. The molecule has 0 spiro atoms. The summed E-state index contributed by atoms with van der Waals surface area (Å²) in [6.45, 7) is 0.803. The van der Waals surface area contributed by atoms with Crippen LogP contribution >= 0.6 is 0 Å². The maximum absolute atomic E-state index is 9.34. The van der Waals surface area contributed by atoms with Crippen LogP contribution in [0.25, 0.3) is 0 Å². The third-order valence-corrected chi connectivity index (χ3v) is 6.84. The Morgan fingerprint density at radius 1 is 0.679 bits per heavy atom. The first kappa shape index (κ1) is 20.6. The molecule has 2 aromatic rings. The Labute approximate surface area is 170 Å². The summed E-state index contributed by atoms with van der Waals surface area (Å²) in [6, 6.07) is 23.6. The van der Waals surface area contributed by atoms with E-state index in [-0.39, 0.29) is 5.41 Å². The van der Waals surface area contributed by atoms with Crippen LogP contribution < -0.4 is 5.73 Å². The van der Waals surface area contributed by atoms with Crippen LogP contribution in [0.1, 0.15) is 75.3 Å². The first-order valence-corrected chi connectivity index (χ1v) is 11.0. The van der Waals surface area contributed by atoms with Crippen molar-refractivity contribution in [3.63, 3.8) is 0 Å². The second kappa shape index (κ2) is 9.89. The van der Waals surface area contributed by atoms with Gasteiger partial charge in [0.2, 0.25) is 0 Å². The predicted molar refractivity (Wildman–Crippen MR) is 117 cm³/mol. The van der Waals surface area contributed by atoms with E-state index >= 15 is 0 Å². The highest BCUT2D eigenvalue weighted by Gasteiger charge is 2.33. The van der Waals surface area contributed by atoms with E-state index in [4.69, 9.17) is 5.73 Å². The van der Waals surface area contributed by atoms with Crippen molar-refractivity contribution in [2.45, 2.75) is 75.0 Å². The Bertz CT molecular complexity index is 733. The highest BCUT2D eigenvalue weighted by Crippen LogP contribution is 2.39. The fraction of sp³-hybridized carbons (Fsp3) is 0.500. The molecule has 2 aliphatic rings. The Kier molecular flexibility index (Phi) is 7.29. The first-order valence-electron chi connectivity index (χ1n) is 11.0. The maximum Gasteiger partial charge on any atom is 0.0822 e. The summed E-state index contributed by atoms with van der Waals surface area (Å²) in [6.07, 6.45) is 12.4. The van der Waals surface area contributed by atoms with E-state index in [1.54, 1.807) is 0 Å². The fourth-order valence-corrected chi connectivity index (χ4v) is 5.01. The fourth-order valence-electron chi connectivity index (χ4n) is 5.01. The second-order valence-electron chi connectivity index (χ2n) is 8.53. The minimum atomic E-state index is -0.181. The molecule has 2 heteroatoms. The van der Waals surface area contributed by atoms with E-state index < -0.39 is 0 Å². The van der Waals surface area contributed by atoms with E-state index in [2.05, 4.69) is 48.5 Å². The molecule has 0 saturated heterocycles. The van der Waals surface area contributed by atoms with Gasteiger partial charge in [0.15, 0.2) is 0 Å². The third-order valence-electron chi connectivity index (χ3n) is 6.84. The Hall–Kier alpha value is -2.11. The summed E-state index contributed by atoms with van der Waals surface area (Å²) in [4.78, 5) is 0. The molecule has 0 amide bonds. The van der Waals surface area contributed by atoms with Gasteiger partial charge in [-0.25, -0.2) is 0 Å². The van der Waals surface area contributed by atoms with E-state index in [9.17, 15) is 5.26 Å². The minimum Gasteiger partial charge on any atom is -0.330 e. The van der Waals surface area contributed by atoms with Gasteiger partial charge in [-0.2, -0.15) is 5.26 Å². The zero-order valence-corrected chi connectivity index (χ0v) is 17.1. The Balaban J connectivity index is 0.000000161. The molecule has 0 radical (unpaired) electrons. The number of nitrogens with two attached hydrogens (primary N) is 1. The molecule has 0 heterocycles. The number of nitrogens with zero attached hydrogens (tertiary/aromatic N) is 1. The zero-order valence-electron chi connectivity index (χ0n) is 17.1. The van der Waals surface area contributed by atoms with Crippen LogP contribution in [0.2, 0.25) is 0 Å². The van der Waals surface area contributed by atoms with Crippen molar-refractivity contribution >= 4 is 0 Å². The van der Waals surface area contributed by atoms with E-state index in [0.717, 1.165) is 19.4 Å². The van der Waals surface area contributed by atoms with E-state index in [0.29, 0.717) is 5.41 Å². The van der Waals surface area contributed by atoms with Gasteiger partial charge in [0.05, 0.1) is 11.5 Å². The largest absolute Gasteiger partial charge is 0.330 e. The molecule has 0 aromatic heterocycles. The first-order chi connectivity index (χ1) is 13.7. The minimum absolute atomic E-state index is 0.181. The standard InChI is InChI=1S/C13H19N.C13H15N/c2*14-11-13(9-5-2-6-10-13)12-7-3-1-4-8-12/h1,3-4,7-8H,2,5-6,9-11,14H2;1,3-4,7-8H,2,5-6,9-10H2. The molecule has 0 aliphatic heterocycles. The van der Waals surface area contributed by atoms with Gasteiger partial charge in [-0.15, -0.1) is 0 Å². The van der Waals surface area contributed by atoms with Gasteiger partial charge in [0.1, 0.15) is 0 Å². The molecule has 2 aliphatic carbocycles. The van der Waals surface area contributed by atoms with Crippen molar-refractivity contribution in [3.05, 3.63) is 71.8 Å². The van der Waals surface area contributed by atoms with Gasteiger partial charge < -0.3 is 5.73 Å². The van der Waals surface area contributed by atoms with Crippen molar-refractivity contribution in [3.8, 4) is 6.07 Å². The molecule has 2 fully saturated rings. The molecular weight excluding hydrogens is 340 g/mol. The monoisotopic (exact) mass is 374 g/mol. The summed E-state index contributed by atoms with van der Waals surface area (Å²) in [7, 11) is 0. The number of hydrogen-bond donors (Lipinski definition) is 1. The summed E-state index contributed by atoms with van der Waals surface area (Å²) < 4.78 is 0. The molecule has 4 rings (SSSR count). The van der Waals surface area contributed by atoms with Gasteiger partial charge in [-0.1, -0.05) is 99.2 Å². The third kappa shape index (κ3) is 4.65. The van der Waals surface area contributed by atoms with Gasteiger partial charge in [0.25, 0.3) is 0 Å². The lowest BCUT2D eigenvalue weighted by molar-refractivity contribution is 0.301. The molecule has 2 nitrogen and oxygen atoms in total. The van der Waals surface area contributed by atoms with Crippen LogP contribution in [0, 0.1) is 11.3 Å². The lowest BCUT2D eigenvalue weighted by Gasteiger charge is -2.36. The SMILES string of the molecule is N#CC1(c2ccccc2)CCCCC1.NCC1(c2ccccc2)CCCCC1. The van der Waals surface area contributed by atoms with Crippen LogP contribution in [0.3, 0.4) is 0 Å². The lowest BCUT2D eigenvalue weighted by atomic mass is 9.69. The molecule has 2 aromatic carbocycles. The van der Waals surface area contributed by atoms with Crippen molar-refractivity contribution in [2.75, 3.05) is 6.54 Å². The molecule has 2 saturated carbocycles. The zero-order chi connectivity index (χ0) is 19.7. The van der Waals surface area contributed by atoms with Crippen molar-refractivity contribution in [2.24, 2.45) is 5.73 Å². The molecule has 148 valence electrons. The van der Waals surface area contributed by atoms with E-state index in [1.807, 2.05) is 18.2 Å². The molecule has 2 N–H and O–H groups in total. The summed E-state index contributed by atoms with van der Waals surface area (Å²) in [5, 5.41) is 9.34.